The average molecular weight is 409 g/mol. The molecule has 2 amide bonds. The molecule has 1 saturated heterocycles. The van der Waals surface area contributed by atoms with Gasteiger partial charge in [-0.25, -0.2) is 4.98 Å². The van der Waals surface area contributed by atoms with E-state index >= 15 is 0 Å². The summed E-state index contributed by atoms with van der Waals surface area (Å²) in [5.41, 5.74) is 0. The number of thiophene rings is 1. The Morgan fingerprint density at radius 2 is 1.89 bits per heavy atom. The summed E-state index contributed by atoms with van der Waals surface area (Å²) in [6.45, 7) is 7.52. The number of fused-ring (bicyclic) bond motifs is 1. The fourth-order valence-corrected chi connectivity index (χ4v) is 5.13. The molecule has 3 rings (SSSR count). The minimum atomic E-state index is 0.00592. The summed E-state index contributed by atoms with van der Waals surface area (Å²) in [6.07, 6.45) is 1.45. The normalized spacial score (nSPS) is 16.7. The van der Waals surface area contributed by atoms with Crippen molar-refractivity contribution in [2.75, 3.05) is 32.1 Å². The smallest absolute Gasteiger partial charge is 0.264 e. The van der Waals surface area contributed by atoms with E-state index in [0.29, 0.717) is 19.0 Å². The van der Waals surface area contributed by atoms with Gasteiger partial charge in [0.2, 0.25) is 5.91 Å². The summed E-state index contributed by atoms with van der Waals surface area (Å²) in [4.78, 5) is 35.3. The number of aromatic nitrogens is 1. The second kappa shape index (κ2) is 8.14. The molecule has 6 nitrogen and oxygen atoms in total. The molecule has 0 spiro atoms. The Morgan fingerprint density at radius 3 is 2.44 bits per heavy atom. The highest BCUT2D eigenvalue weighted by atomic mass is 32.1. The molecule has 27 heavy (non-hydrogen) atoms. The van der Waals surface area contributed by atoms with Crippen LogP contribution in [0.4, 0.5) is 5.13 Å². The summed E-state index contributed by atoms with van der Waals surface area (Å²) >= 11 is 3.06. The highest BCUT2D eigenvalue weighted by Gasteiger charge is 2.29. The third kappa shape index (κ3) is 4.43. The van der Waals surface area contributed by atoms with Gasteiger partial charge < -0.3 is 15.1 Å². The Labute approximate surface area is 168 Å². The van der Waals surface area contributed by atoms with Gasteiger partial charge in [-0.2, -0.15) is 0 Å². The lowest BCUT2D eigenvalue weighted by molar-refractivity contribution is -0.127. The first kappa shape index (κ1) is 20.1. The molecule has 3 heterocycles. The van der Waals surface area contributed by atoms with E-state index in [-0.39, 0.29) is 23.8 Å². The van der Waals surface area contributed by atoms with Crippen LogP contribution < -0.4 is 10.2 Å². The third-order valence-corrected chi connectivity index (χ3v) is 7.51. The van der Waals surface area contributed by atoms with Crippen molar-refractivity contribution in [2.45, 2.75) is 39.7 Å². The molecule has 1 aliphatic rings. The van der Waals surface area contributed by atoms with E-state index in [9.17, 15) is 9.59 Å². The van der Waals surface area contributed by atoms with Gasteiger partial charge in [0, 0.05) is 39.1 Å². The van der Waals surface area contributed by atoms with Gasteiger partial charge >= 0.3 is 0 Å². The number of thiazole rings is 1. The SMILES string of the molecule is CC(C)C(C)NC(=O)C1CCN(C(=O)c2cc3sc(N(C)C)nc3s2)CC1. The average Bonchev–Trinajstić information content (AvgIpc) is 3.20. The van der Waals surface area contributed by atoms with Crippen LogP contribution in [0.25, 0.3) is 9.53 Å². The Morgan fingerprint density at radius 1 is 1.22 bits per heavy atom. The highest BCUT2D eigenvalue weighted by Crippen LogP contribution is 2.34. The molecular formula is C19H28N4O2S2. The number of amides is 2. The maximum Gasteiger partial charge on any atom is 0.264 e. The van der Waals surface area contributed by atoms with Crippen molar-refractivity contribution < 1.29 is 9.59 Å². The first-order chi connectivity index (χ1) is 12.8. The molecule has 1 atom stereocenters. The van der Waals surface area contributed by atoms with Crippen LogP contribution in [-0.2, 0) is 4.79 Å². The second-order valence-corrected chi connectivity index (χ2v) is 9.82. The number of anilines is 1. The maximum atomic E-state index is 12.8. The van der Waals surface area contributed by atoms with E-state index in [0.717, 1.165) is 32.4 Å². The number of carbonyl (C=O) groups excluding carboxylic acids is 2. The van der Waals surface area contributed by atoms with Gasteiger partial charge in [-0.15, -0.1) is 11.3 Å². The van der Waals surface area contributed by atoms with Crippen molar-refractivity contribution in [2.24, 2.45) is 11.8 Å². The zero-order chi connectivity index (χ0) is 19.7. The zero-order valence-corrected chi connectivity index (χ0v) is 18.2. The van der Waals surface area contributed by atoms with Crippen molar-refractivity contribution in [3.63, 3.8) is 0 Å². The molecule has 8 heteroatoms. The van der Waals surface area contributed by atoms with Crippen molar-refractivity contribution in [3.05, 3.63) is 10.9 Å². The molecule has 0 aliphatic carbocycles. The number of likely N-dealkylation sites (tertiary alicyclic amines) is 1. The predicted molar refractivity (Wildman–Crippen MR) is 113 cm³/mol. The predicted octanol–water partition coefficient (Wildman–Crippen LogP) is 3.44. The van der Waals surface area contributed by atoms with Gasteiger partial charge in [-0.05, 0) is 31.7 Å². The van der Waals surface area contributed by atoms with Crippen LogP contribution in [0.5, 0.6) is 0 Å². The van der Waals surface area contributed by atoms with Crippen LogP contribution in [0.2, 0.25) is 0 Å². The van der Waals surface area contributed by atoms with Crippen molar-refractivity contribution >= 4 is 49.1 Å². The first-order valence-electron chi connectivity index (χ1n) is 9.43. The summed E-state index contributed by atoms with van der Waals surface area (Å²) in [7, 11) is 3.94. The van der Waals surface area contributed by atoms with E-state index in [1.165, 1.54) is 11.3 Å². The quantitative estimate of drug-likeness (QED) is 0.823. The molecule has 1 N–H and O–H groups in total. The maximum absolute atomic E-state index is 12.8. The number of piperidine rings is 1. The summed E-state index contributed by atoms with van der Waals surface area (Å²) in [5, 5.41) is 4.06. The third-order valence-electron chi connectivity index (χ3n) is 5.19. The monoisotopic (exact) mass is 408 g/mol. The second-order valence-electron chi connectivity index (χ2n) is 7.78. The van der Waals surface area contributed by atoms with Gasteiger partial charge in [0.05, 0.1) is 9.58 Å². The minimum Gasteiger partial charge on any atom is -0.354 e. The fraction of sp³-hybridized carbons (Fsp3) is 0.632. The fourth-order valence-electron chi connectivity index (χ4n) is 3.03. The first-order valence-corrected chi connectivity index (χ1v) is 11.1. The van der Waals surface area contributed by atoms with Gasteiger partial charge in [0.25, 0.3) is 5.91 Å². The molecule has 2 aromatic heterocycles. The standard InChI is InChI=1S/C19H28N4O2S2/c1-11(2)12(3)20-16(24)13-6-8-23(9-7-13)18(25)15-10-14-17(26-15)21-19(27-14)22(4)5/h10-13H,6-9H2,1-5H3,(H,20,24). The molecule has 2 aromatic rings. The lowest BCUT2D eigenvalue weighted by atomic mass is 9.94. The zero-order valence-electron chi connectivity index (χ0n) is 16.6. The number of rotatable bonds is 5. The van der Waals surface area contributed by atoms with Crippen LogP contribution in [0.1, 0.15) is 43.3 Å². The van der Waals surface area contributed by atoms with Crippen LogP contribution in [0, 0.1) is 11.8 Å². The van der Waals surface area contributed by atoms with Crippen molar-refractivity contribution in [1.29, 1.82) is 0 Å². The van der Waals surface area contributed by atoms with Gasteiger partial charge in [-0.3, -0.25) is 9.59 Å². The van der Waals surface area contributed by atoms with Gasteiger partial charge in [0.1, 0.15) is 4.83 Å². The molecular weight excluding hydrogens is 380 g/mol. The molecule has 1 fully saturated rings. The molecule has 1 aliphatic heterocycles. The van der Waals surface area contributed by atoms with E-state index in [2.05, 4.69) is 24.1 Å². The van der Waals surface area contributed by atoms with E-state index < -0.39 is 0 Å². The van der Waals surface area contributed by atoms with Crippen molar-refractivity contribution in [3.8, 4) is 0 Å². The van der Waals surface area contributed by atoms with Gasteiger partial charge in [-0.1, -0.05) is 25.2 Å². The Balaban J connectivity index is 1.58. The molecule has 0 radical (unpaired) electrons. The van der Waals surface area contributed by atoms with Crippen LogP contribution >= 0.6 is 22.7 Å². The molecule has 0 bridgehead atoms. The Kier molecular flexibility index (Phi) is 6.05. The Bertz CT molecular complexity index is 787. The number of hydrogen-bond acceptors (Lipinski definition) is 6. The topological polar surface area (TPSA) is 65.5 Å². The largest absolute Gasteiger partial charge is 0.354 e. The molecule has 1 unspecified atom stereocenters. The van der Waals surface area contributed by atoms with E-state index in [1.54, 1.807) is 11.3 Å². The number of nitrogens with zero attached hydrogens (tertiary/aromatic N) is 3. The van der Waals surface area contributed by atoms with Crippen LogP contribution in [0.15, 0.2) is 6.07 Å². The van der Waals surface area contributed by atoms with Crippen molar-refractivity contribution in [1.82, 2.24) is 15.2 Å². The summed E-state index contributed by atoms with van der Waals surface area (Å²) < 4.78 is 1.06. The lowest BCUT2D eigenvalue weighted by Crippen LogP contribution is -2.45. The lowest BCUT2D eigenvalue weighted by Gasteiger charge is -2.32. The van der Waals surface area contributed by atoms with E-state index in [4.69, 9.17) is 0 Å². The summed E-state index contributed by atoms with van der Waals surface area (Å²) in [6, 6.07) is 2.13. The van der Waals surface area contributed by atoms with E-state index in [1.807, 2.05) is 36.9 Å². The number of nitrogens with one attached hydrogen (secondary N) is 1. The molecule has 0 aromatic carbocycles. The molecule has 148 valence electrons. The number of carbonyl (C=O) groups is 2. The van der Waals surface area contributed by atoms with Crippen LogP contribution in [-0.4, -0.2) is 54.9 Å². The Hall–Kier alpha value is -1.67. The van der Waals surface area contributed by atoms with Gasteiger partial charge in [0.15, 0.2) is 5.13 Å². The van der Waals surface area contributed by atoms with Crippen LogP contribution in [0.3, 0.4) is 0 Å². The summed E-state index contributed by atoms with van der Waals surface area (Å²) in [5.74, 6) is 0.614. The highest BCUT2D eigenvalue weighted by molar-refractivity contribution is 7.29. The minimum absolute atomic E-state index is 0.00592. The number of hydrogen-bond donors (Lipinski definition) is 1. The molecule has 0 saturated carbocycles.